The van der Waals surface area contributed by atoms with Crippen molar-refractivity contribution in [1.82, 2.24) is 14.7 Å². The van der Waals surface area contributed by atoms with Gasteiger partial charge in [-0.3, -0.25) is 14.6 Å². The number of benzene rings is 4. The zero-order valence-corrected chi connectivity index (χ0v) is 25.5. The molecular formula is C37H39N3O4. The smallest absolute Gasteiger partial charge is 0.336 e. The lowest BCUT2D eigenvalue weighted by atomic mass is 9.91. The molecule has 4 aromatic rings. The molecule has 7 heteroatoms. The number of hydrogen-bond donors (Lipinski definition) is 1. The van der Waals surface area contributed by atoms with Gasteiger partial charge in [-0.05, 0) is 65.9 Å². The molecule has 4 aromatic carbocycles. The van der Waals surface area contributed by atoms with Crippen molar-refractivity contribution in [2.75, 3.05) is 20.2 Å². The number of carboxylic acids is 1. The third-order valence-electron chi connectivity index (χ3n) is 9.08. The minimum atomic E-state index is -1.10. The summed E-state index contributed by atoms with van der Waals surface area (Å²) >= 11 is 0. The first-order chi connectivity index (χ1) is 21.3. The van der Waals surface area contributed by atoms with Gasteiger partial charge in [0.05, 0.1) is 24.3 Å². The van der Waals surface area contributed by atoms with Crippen LogP contribution in [-0.4, -0.2) is 64.0 Å². The van der Waals surface area contributed by atoms with Crippen molar-refractivity contribution in [2.24, 2.45) is 0 Å². The van der Waals surface area contributed by atoms with Gasteiger partial charge in [-0.2, -0.15) is 0 Å². The molecule has 0 aromatic heterocycles. The van der Waals surface area contributed by atoms with Crippen LogP contribution in [0.5, 0.6) is 5.75 Å². The predicted octanol–water partition coefficient (Wildman–Crippen LogP) is 6.23. The van der Waals surface area contributed by atoms with Gasteiger partial charge in [0.25, 0.3) is 5.91 Å². The van der Waals surface area contributed by atoms with E-state index in [-0.39, 0.29) is 23.1 Å². The molecule has 226 valence electrons. The first-order valence-electron chi connectivity index (χ1n) is 15.2. The monoisotopic (exact) mass is 589 g/mol. The van der Waals surface area contributed by atoms with Gasteiger partial charge in [-0.15, -0.1) is 0 Å². The third-order valence-corrected chi connectivity index (χ3v) is 9.08. The molecule has 7 nitrogen and oxygen atoms in total. The molecule has 1 fully saturated rings. The Hall–Kier alpha value is -4.46. The van der Waals surface area contributed by atoms with Crippen LogP contribution in [0, 0.1) is 0 Å². The first kappa shape index (κ1) is 29.6. The van der Waals surface area contributed by atoms with Crippen LogP contribution >= 0.6 is 0 Å². The normalized spacial score (nSPS) is 19.4. The second kappa shape index (κ2) is 12.6. The standard InChI is InChI=1S/C37H39N3O4/c1-25-21-40(26(2)20-38(25)22-27-10-5-4-6-11-27)35(28-12-9-13-32(19-28)44-3)29-16-17-30-23-39(24-31(30)18-29)36(41)33-14-7-8-15-34(33)37(42)43/h4-19,25-26,35H,20-24H2,1-3H3,(H,42,43)/t25-,26+,35?/m1/s1. The topological polar surface area (TPSA) is 73.3 Å². The number of nitrogens with zero attached hydrogens (tertiary/aromatic N) is 3. The number of carbonyl (C=O) groups excluding carboxylic acids is 1. The van der Waals surface area contributed by atoms with Crippen molar-refractivity contribution in [1.29, 1.82) is 0 Å². The number of carboxylic acid groups (broad SMARTS) is 1. The maximum Gasteiger partial charge on any atom is 0.336 e. The van der Waals surface area contributed by atoms with Crippen LogP contribution < -0.4 is 4.74 Å². The van der Waals surface area contributed by atoms with Crippen LogP contribution in [0.15, 0.2) is 97.1 Å². The Morgan fingerprint density at radius 3 is 2.25 bits per heavy atom. The highest BCUT2D eigenvalue weighted by Gasteiger charge is 2.36. The molecule has 0 radical (unpaired) electrons. The zero-order valence-electron chi connectivity index (χ0n) is 25.5. The fourth-order valence-corrected chi connectivity index (χ4v) is 6.76. The van der Waals surface area contributed by atoms with E-state index in [2.05, 4.69) is 90.4 Å². The largest absolute Gasteiger partial charge is 0.497 e. The number of ether oxygens (including phenoxy) is 1. The highest BCUT2D eigenvalue weighted by Crippen LogP contribution is 2.37. The number of piperazine rings is 1. The Labute approximate surface area is 259 Å². The molecule has 6 rings (SSSR count). The molecule has 0 spiro atoms. The fraction of sp³-hybridized carbons (Fsp3) is 0.297. The Balaban J connectivity index is 1.29. The summed E-state index contributed by atoms with van der Waals surface area (Å²) in [5, 5.41) is 9.64. The van der Waals surface area contributed by atoms with Crippen molar-refractivity contribution in [3.05, 3.63) is 136 Å². The quantitative estimate of drug-likeness (QED) is 0.263. The van der Waals surface area contributed by atoms with E-state index in [1.807, 2.05) is 6.07 Å². The van der Waals surface area contributed by atoms with Gasteiger partial charge in [-0.25, -0.2) is 4.79 Å². The number of carbonyl (C=O) groups is 2. The molecular weight excluding hydrogens is 550 g/mol. The van der Waals surface area contributed by atoms with Crippen molar-refractivity contribution < 1.29 is 19.4 Å². The van der Waals surface area contributed by atoms with Gasteiger partial charge in [-0.1, -0.05) is 72.8 Å². The Kier molecular flexibility index (Phi) is 8.51. The van der Waals surface area contributed by atoms with Gasteiger partial charge in [0.15, 0.2) is 0 Å². The van der Waals surface area contributed by atoms with E-state index in [1.54, 1.807) is 30.2 Å². The molecule has 3 atom stereocenters. The SMILES string of the molecule is COc1cccc(C(c2ccc3c(c2)CN(C(=O)c2ccccc2C(=O)O)C3)N2C[C@@H](C)N(Cc3ccccc3)C[C@@H]2C)c1. The third kappa shape index (κ3) is 5.98. The van der Waals surface area contributed by atoms with E-state index >= 15 is 0 Å². The van der Waals surface area contributed by atoms with Crippen molar-refractivity contribution in [3.63, 3.8) is 0 Å². The number of fused-ring (bicyclic) bond motifs is 1. The number of aromatic carboxylic acids is 1. The highest BCUT2D eigenvalue weighted by atomic mass is 16.5. The molecule has 0 bridgehead atoms. The Morgan fingerprint density at radius 2 is 1.50 bits per heavy atom. The maximum absolute atomic E-state index is 13.5. The molecule has 1 amide bonds. The van der Waals surface area contributed by atoms with Crippen molar-refractivity contribution in [2.45, 2.75) is 51.6 Å². The molecule has 1 unspecified atom stereocenters. The van der Waals surface area contributed by atoms with E-state index in [0.29, 0.717) is 25.2 Å². The summed E-state index contributed by atoms with van der Waals surface area (Å²) in [6.07, 6.45) is 0. The fourth-order valence-electron chi connectivity index (χ4n) is 6.76. The first-order valence-corrected chi connectivity index (χ1v) is 15.2. The van der Waals surface area contributed by atoms with Gasteiger partial charge in [0, 0.05) is 44.8 Å². The molecule has 2 heterocycles. The lowest BCUT2D eigenvalue weighted by Crippen LogP contribution is -2.56. The summed E-state index contributed by atoms with van der Waals surface area (Å²) in [5.41, 5.74) is 6.11. The Morgan fingerprint density at radius 1 is 0.795 bits per heavy atom. The second-order valence-electron chi connectivity index (χ2n) is 12.0. The summed E-state index contributed by atoms with van der Waals surface area (Å²) in [5.74, 6) is -0.533. The summed E-state index contributed by atoms with van der Waals surface area (Å²) in [4.78, 5) is 32.2. The Bertz CT molecular complexity index is 1660. The van der Waals surface area contributed by atoms with Gasteiger partial charge < -0.3 is 14.7 Å². The lowest BCUT2D eigenvalue weighted by Gasteiger charge is -2.48. The molecule has 2 aliphatic heterocycles. The predicted molar refractivity (Wildman–Crippen MR) is 171 cm³/mol. The van der Waals surface area contributed by atoms with Crippen LogP contribution in [0.3, 0.4) is 0 Å². The summed E-state index contributed by atoms with van der Waals surface area (Å²) in [7, 11) is 1.70. The highest BCUT2D eigenvalue weighted by molar-refractivity contribution is 6.04. The number of hydrogen-bond acceptors (Lipinski definition) is 5. The molecule has 0 aliphatic carbocycles. The molecule has 44 heavy (non-hydrogen) atoms. The van der Waals surface area contributed by atoms with E-state index in [9.17, 15) is 14.7 Å². The molecule has 1 saturated heterocycles. The second-order valence-corrected chi connectivity index (χ2v) is 12.0. The average molecular weight is 590 g/mol. The van der Waals surface area contributed by atoms with E-state index < -0.39 is 5.97 Å². The minimum absolute atomic E-state index is 0.00390. The molecule has 1 N–H and O–H groups in total. The van der Waals surface area contributed by atoms with Crippen LogP contribution in [-0.2, 0) is 19.6 Å². The van der Waals surface area contributed by atoms with Gasteiger partial charge >= 0.3 is 5.97 Å². The van der Waals surface area contributed by atoms with Crippen molar-refractivity contribution >= 4 is 11.9 Å². The van der Waals surface area contributed by atoms with Crippen LogP contribution in [0.2, 0.25) is 0 Å². The minimum Gasteiger partial charge on any atom is -0.497 e. The van der Waals surface area contributed by atoms with Gasteiger partial charge in [0.1, 0.15) is 5.75 Å². The zero-order chi connectivity index (χ0) is 30.8. The maximum atomic E-state index is 13.5. The molecule has 2 aliphatic rings. The van der Waals surface area contributed by atoms with Crippen molar-refractivity contribution in [3.8, 4) is 5.75 Å². The van der Waals surface area contributed by atoms with E-state index in [4.69, 9.17) is 4.74 Å². The summed E-state index contributed by atoms with van der Waals surface area (Å²) in [6, 6.07) is 32.6. The summed E-state index contributed by atoms with van der Waals surface area (Å²) in [6.45, 7) is 8.31. The lowest BCUT2D eigenvalue weighted by molar-refractivity contribution is 0.0195. The van der Waals surface area contributed by atoms with Crippen LogP contribution in [0.25, 0.3) is 0 Å². The number of methoxy groups -OCH3 is 1. The summed E-state index contributed by atoms with van der Waals surface area (Å²) < 4.78 is 5.63. The van der Waals surface area contributed by atoms with Crippen LogP contribution in [0.1, 0.15) is 68.4 Å². The van der Waals surface area contributed by atoms with E-state index in [0.717, 1.165) is 36.5 Å². The van der Waals surface area contributed by atoms with Gasteiger partial charge in [0.2, 0.25) is 0 Å². The van der Waals surface area contributed by atoms with E-state index in [1.165, 1.54) is 22.8 Å². The molecule has 0 saturated carbocycles. The number of amides is 1. The van der Waals surface area contributed by atoms with Crippen LogP contribution in [0.4, 0.5) is 0 Å². The number of rotatable bonds is 8. The average Bonchev–Trinajstić information content (AvgIpc) is 3.47.